The predicted molar refractivity (Wildman–Crippen MR) is 137 cm³/mol. The van der Waals surface area contributed by atoms with Crippen LogP contribution in [0.1, 0.15) is 50.2 Å². The van der Waals surface area contributed by atoms with Gasteiger partial charge >= 0.3 is 0 Å². The average molecular weight is 454 g/mol. The number of benzene rings is 3. The van der Waals surface area contributed by atoms with Crippen molar-refractivity contribution in [2.45, 2.75) is 39.0 Å². The van der Waals surface area contributed by atoms with Crippen LogP contribution in [0.2, 0.25) is 0 Å². The first-order valence-corrected chi connectivity index (χ1v) is 12.2. The molecule has 0 radical (unpaired) electrons. The summed E-state index contributed by atoms with van der Waals surface area (Å²) < 4.78 is 6.29. The highest BCUT2D eigenvalue weighted by Crippen LogP contribution is 2.39. The van der Waals surface area contributed by atoms with Gasteiger partial charge in [0, 0.05) is 18.8 Å². The molecule has 34 heavy (non-hydrogen) atoms. The van der Waals surface area contributed by atoms with Crippen LogP contribution in [0.25, 0.3) is 0 Å². The van der Waals surface area contributed by atoms with Gasteiger partial charge in [-0.15, -0.1) is 0 Å². The molecule has 0 spiro atoms. The molecule has 1 atom stereocenters. The van der Waals surface area contributed by atoms with Crippen molar-refractivity contribution >= 4 is 23.1 Å². The third-order valence-corrected chi connectivity index (χ3v) is 6.81. The van der Waals surface area contributed by atoms with Gasteiger partial charge in [-0.05, 0) is 61.1 Å². The number of fused-ring (bicyclic) bond motifs is 2. The Morgan fingerprint density at radius 3 is 2.53 bits per heavy atom. The van der Waals surface area contributed by atoms with Crippen LogP contribution in [0.15, 0.2) is 77.8 Å². The van der Waals surface area contributed by atoms with E-state index in [4.69, 9.17) is 9.73 Å². The molecular formula is C29H31N3O2. The van der Waals surface area contributed by atoms with Crippen molar-refractivity contribution in [3.63, 3.8) is 0 Å². The Hall–Kier alpha value is -3.60. The van der Waals surface area contributed by atoms with Gasteiger partial charge < -0.3 is 15.0 Å². The summed E-state index contributed by atoms with van der Waals surface area (Å²) in [7, 11) is 0. The van der Waals surface area contributed by atoms with Gasteiger partial charge in [0.1, 0.15) is 17.3 Å². The molecule has 0 bridgehead atoms. The molecule has 3 aromatic carbocycles. The van der Waals surface area contributed by atoms with Crippen LogP contribution in [0, 0.1) is 5.92 Å². The van der Waals surface area contributed by atoms with Gasteiger partial charge in [-0.3, -0.25) is 4.79 Å². The summed E-state index contributed by atoms with van der Waals surface area (Å²) in [6, 6.07) is 23.7. The molecular weight excluding hydrogens is 422 g/mol. The number of likely N-dealkylation sites (tertiary alicyclic amines) is 1. The minimum atomic E-state index is -0.197. The maximum absolute atomic E-state index is 13.2. The molecule has 2 heterocycles. The highest BCUT2D eigenvalue weighted by Gasteiger charge is 2.26. The van der Waals surface area contributed by atoms with Crippen molar-refractivity contribution in [3.8, 4) is 11.5 Å². The summed E-state index contributed by atoms with van der Waals surface area (Å²) in [6.45, 7) is 6.28. The van der Waals surface area contributed by atoms with Crippen LogP contribution in [-0.2, 0) is 4.79 Å². The lowest BCUT2D eigenvalue weighted by molar-refractivity contribution is -0.117. The lowest BCUT2D eigenvalue weighted by Gasteiger charge is -2.33. The first-order valence-electron chi connectivity index (χ1n) is 12.2. The summed E-state index contributed by atoms with van der Waals surface area (Å²) in [5, 5.41) is 3.15. The Labute approximate surface area is 201 Å². The molecule has 5 nitrogen and oxygen atoms in total. The summed E-state index contributed by atoms with van der Waals surface area (Å²) in [6.07, 6.45) is 3.02. The number of hydrogen-bond acceptors (Lipinski definition) is 4. The van der Waals surface area contributed by atoms with E-state index in [1.807, 2.05) is 79.7 Å². The van der Waals surface area contributed by atoms with Gasteiger partial charge in [0.2, 0.25) is 5.91 Å². The van der Waals surface area contributed by atoms with Crippen LogP contribution in [-0.4, -0.2) is 29.7 Å². The second-order valence-electron chi connectivity index (χ2n) is 9.25. The molecule has 2 aliphatic heterocycles. The molecule has 1 fully saturated rings. The summed E-state index contributed by atoms with van der Waals surface area (Å²) in [4.78, 5) is 20.6. The molecule has 2 aliphatic rings. The van der Waals surface area contributed by atoms with E-state index in [-0.39, 0.29) is 11.8 Å². The fourth-order valence-corrected chi connectivity index (χ4v) is 4.75. The number of rotatable bonds is 4. The van der Waals surface area contributed by atoms with Gasteiger partial charge in [0.15, 0.2) is 5.75 Å². The van der Waals surface area contributed by atoms with Crippen LogP contribution in [0.5, 0.6) is 11.5 Å². The number of ether oxygens (including phenoxy) is 1. The van der Waals surface area contributed by atoms with E-state index in [9.17, 15) is 4.79 Å². The van der Waals surface area contributed by atoms with Crippen molar-refractivity contribution in [2.75, 3.05) is 18.4 Å². The van der Waals surface area contributed by atoms with E-state index >= 15 is 0 Å². The Kier molecular flexibility index (Phi) is 6.35. The normalized spacial score (nSPS) is 16.4. The zero-order valence-electron chi connectivity index (χ0n) is 19.8. The molecule has 174 valence electrons. The zero-order valence-corrected chi connectivity index (χ0v) is 19.8. The Bertz CT molecular complexity index is 1200. The Balaban J connectivity index is 1.48. The third-order valence-electron chi connectivity index (χ3n) is 6.81. The lowest BCUT2D eigenvalue weighted by atomic mass is 9.95. The zero-order chi connectivity index (χ0) is 23.5. The number of carbonyl (C=O) groups excluding carboxylic acids is 1. The Morgan fingerprint density at radius 1 is 1.03 bits per heavy atom. The molecule has 5 rings (SSSR count). The number of amidine groups is 1. The van der Waals surface area contributed by atoms with E-state index in [0.717, 1.165) is 78.1 Å². The number of carbonyl (C=O) groups is 1. The number of para-hydroxylation sites is 2. The fourth-order valence-electron chi connectivity index (χ4n) is 4.75. The van der Waals surface area contributed by atoms with Gasteiger partial charge in [-0.2, -0.15) is 0 Å². The smallest absolute Gasteiger partial charge is 0.231 e. The maximum Gasteiger partial charge on any atom is 0.231 e. The third kappa shape index (κ3) is 4.56. The quantitative estimate of drug-likeness (QED) is 0.476. The van der Waals surface area contributed by atoms with E-state index in [2.05, 4.69) is 17.1 Å². The number of aliphatic imine (C=N–C) groups is 1. The number of nitrogens with zero attached hydrogens (tertiary/aromatic N) is 2. The largest absolute Gasteiger partial charge is 0.454 e. The molecule has 1 saturated heterocycles. The fraction of sp³-hybridized carbons (Fsp3) is 0.310. The van der Waals surface area contributed by atoms with Crippen LogP contribution < -0.4 is 10.1 Å². The first kappa shape index (κ1) is 22.2. The molecule has 0 unspecified atom stereocenters. The summed E-state index contributed by atoms with van der Waals surface area (Å²) in [5.41, 5.74) is 3.52. The van der Waals surface area contributed by atoms with Crippen molar-refractivity contribution in [1.29, 1.82) is 0 Å². The second kappa shape index (κ2) is 9.72. The van der Waals surface area contributed by atoms with Gasteiger partial charge in [0.05, 0.1) is 11.5 Å². The predicted octanol–water partition coefficient (Wildman–Crippen LogP) is 6.73. The standard InChI is InChI=1S/C29H31N3O2/c1-3-23(21-9-5-4-6-10-21)29(33)30-22-13-14-26-24(19-22)28(32-17-15-20(2)16-18-32)31-25-11-7-8-12-27(25)34-26/h4-14,19-20,23H,3,15-18H2,1-2H3,(H,30,33)/t23-/m0/s1. The summed E-state index contributed by atoms with van der Waals surface area (Å²) >= 11 is 0. The van der Waals surface area contributed by atoms with E-state index < -0.39 is 0 Å². The van der Waals surface area contributed by atoms with Crippen molar-refractivity contribution in [2.24, 2.45) is 10.9 Å². The SMILES string of the molecule is CC[C@H](C(=O)Nc1ccc2c(c1)C(N1CCC(C)CC1)=Nc1ccccc1O2)c1ccccc1. The van der Waals surface area contributed by atoms with E-state index in [1.54, 1.807) is 0 Å². The minimum absolute atomic E-state index is 0.00300. The molecule has 0 aromatic heterocycles. The Morgan fingerprint density at radius 2 is 1.76 bits per heavy atom. The second-order valence-corrected chi connectivity index (χ2v) is 9.25. The first-order chi connectivity index (χ1) is 16.6. The monoisotopic (exact) mass is 453 g/mol. The van der Waals surface area contributed by atoms with Crippen LogP contribution in [0.4, 0.5) is 11.4 Å². The maximum atomic E-state index is 13.2. The molecule has 1 amide bonds. The highest BCUT2D eigenvalue weighted by molar-refractivity contribution is 6.05. The minimum Gasteiger partial charge on any atom is -0.454 e. The van der Waals surface area contributed by atoms with Crippen molar-refractivity contribution < 1.29 is 9.53 Å². The van der Waals surface area contributed by atoms with Crippen molar-refractivity contribution in [1.82, 2.24) is 4.90 Å². The molecule has 0 aliphatic carbocycles. The number of amides is 1. The highest BCUT2D eigenvalue weighted by atomic mass is 16.5. The number of hydrogen-bond donors (Lipinski definition) is 1. The van der Waals surface area contributed by atoms with E-state index in [1.165, 1.54) is 0 Å². The molecule has 5 heteroatoms. The van der Waals surface area contributed by atoms with Gasteiger partial charge in [-0.1, -0.05) is 56.3 Å². The van der Waals surface area contributed by atoms with Crippen molar-refractivity contribution in [3.05, 3.63) is 83.9 Å². The molecule has 1 N–H and O–H groups in total. The lowest BCUT2D eigenvalue weighted by Crippen LogP contribution is -2.38. The summed E-state index contributed by atoms with van der Waals surface area (Å²) in [5.74, 6) is 2.94. The van der Waals surface area contributed by atoms with Gasteiger partial charge in [-0.25, -0.2) is 4.99 Å². The number of anilines is 1. The van der Waals surface area contributed by atoms with Crippen LogP contribution >= 0.6 is 0 Å². The molecule has 0 saturated carbocycles. The molecule has 3 aromatic rings. The van der Waals surface area contributed by atoms with E-state index in [0.29, 0.717) is 0 Å². The number of nitrogens with one attached hydrogen (secondary N) is 1. The number of piperidine rings is 1. The van der Waals surface area contributed by atoms with Gasteiger partial charge in [0.25, 0.3) is 0 Å². The topological polar surface area (TPSA) is 53.9 Å². The van der Waals surface area contributed by atoms with Crippen LogP contribution in [0.3, 0.4) is 0 Å². The average Bonchev–Trinajstić information content (AvgIpc) is 3.02.